The maximum atomic E-state index is 11.3. The SMILES string of the molecule is CC(C)=CCC/C(C)=C/CC/C(C)=C/CSC[C@H](NC(CC=O)C(=O)O)C(=O)O. The lowest BCUT2D eigenvalue weighted by atomic mass is 10.1. The normalized spacial score (nSPS) is 14.2. The third-order valence-corrected chi connectivity index (χ3v) is 5.26. The first-order chi connectivity index (χ1) is 13.7. The van der Waals surface area contributed by atoms with Gasteiger partial charge in [0.05, 0.1) is 0 Å². The van der Waals surface area contributed by atoms with Crippen molar-refractivity contribution >= 4 is 30.0 Å². The van der Waals surface area contributed by atoms with Crippen molar-refractivity contribution < 1.29 is 24.6 Å². The number of carboxylic acid groups (broad SMARTS) is 2. The van der Waals surface area contributed by atoms with Gasteiger partial charge in [0.25, 0.3) is 0 Å². The first kappa shape index (κ1) is 27.1. The van der Waals surface area contributed by atoms with Gasteiger partial charge in [-0.1, -0.05) is 34.9 Å². The number of aliphatic carboxylic acids is 2. The first-order valence-electron chi connectivity index (χ1n) is 9.85. The number of thioether (sulfide) groups is 1. The summed E-state index contributed by atoms with van der Waals surface area (Å²) in [6, 6.07) is -2.20. The number of allylic oxidation sites excluding steroid dienone is 5. The van der Waals surface area contributed by atoms with Gasteiger partial charge >= 0.3 is 11.9 Å². The number of aldehydes is 1. The second-order valence-electron chi connectivity index (χ2n) is 7.35. The van der Waals surface area contributed by atoms with Crippen LogP contribution >= 0.6 is 11.8 Å². The Morgan fingerprint density at radius 2 is 1.45 bits per heavy atom. The van der Waals surface area contributed by atoms with E-state index in [2.05, 4.69) is 51.2 Å². The van der Waals surface area contributed by atoms with Gasteiger partial charge in [0, 0.05) is 17.9 Å². The lowest BCUT2D eigenvalue weighted by Crippen LogP contribution is -2.48. The molecule has 0 aromatic rings. The highest BCUT2D eigenvalue weighted by molar-refractivity contribution is 7.99. The van der Waals surface area contributed by atoms with Crippen LogP contribution in [0.25, 0.3) is 0 Å². The molecule has 7 heteroatoms. The van der Waals surface area contributed by atoms with Crippen LogP contribution in [-0.4, -0.2) is 52.0 Å². The minimum Gasteiger partial charge on any atom is -0.480 e. The van der Waals surface area contributed by atoms with E-state index < -0.39 is 24.0 Å². The Bertz CT molecular complexity index is 621. The van der Waals surface area contributed by atoms with Gasteiger partial charge in [0.15, 0.2) is 0 Å². The molecule has 0 heterocycles. The monoisotopic (exact) mass is 425 g/mol. The zero-order chi connectivity index (χ0) is 22.2. The second kappa shape index (κ2) is 16.0. The number of carbonyl (C=O) groups excluding carboxylic acids is 1. The highest BCUT2D eigenvalue weighted by Crippen LogP contribution is 2.13. The maximum Gasteiger partial charge on any atom is 0.321 e. The van der Waals surface area contributed by atoms with Crippen LogP contribution in [-0.2, 0) is 14.4 Å². The molecule has 0 aliphatic rings. The fourth-order valence-electron chi connectivity index (χ4n) is 2.50. The Labute approximate surface area is 178 Å². The zero-order valence-electron chi connectivity index (χ0n) is 17.9. The highest BCUT2D eigenvalue weighted by atomic mass is 32.2. The van der Waals surface area contributed by atoms with Crippen LogP contribution in [0.3, 0.4) is 0 Å². The third kappa shape index (κ3) is 14.7. The van der Waals surface area contributed by atoms with Crippen LogP contribution in [0.2, 0.25) is 0 Å². The summed E-state index contributed by atoms with van der Waals surface area (Å²) >= 11 is 1.42. The molecule has 6 nitrogen and oxygen atoms in total. The molecule has 0 aromatic carbocycles. The fraction of sp³-hybridized carbons (Fsp3) is 0.591. The molecule has 0 aliphatic heterocycles. The van der Waals surface area contributed by atoms with Crippen molar-refractivity contribution in [3.05, 3.63) is 34.9 Å². The van der Waals surface area contributed by atoms with Gasteiger partial charge in [0.1, 0.15) is 18.4 Å². The molecule has 0 fully saturated rings. The van der Waals surface area contributed by atoms with E-state index in [0.29, 0.717) is 12.0 Å². The lowest BCUT2D eigenvalue weighted by Gasteiger charge is -2.18. The summed E-state index contributed by atoms with van der Waals surface area (Å²) in [5, 5.41) is 20.8. The number of carbonyl (C=O) groups is 3. The van der Waals surface area contributed by atoms with Crippen molar-refractivity contribution in [3.63, 3.8) is 0 Å². The predicted octanol–water partition coefficient (Wildman–Crippen LogP) is 4.22. The lowest BCUT2D eigenvalue weighted by molar-refractivity contribution is -0.142. The number of rotatable bonds is 16. The van der Waals surface area contributed by atoms with Crippen molar-refractivity contribution in [1.82, 2.24) is 5.32 Å². The fourth-order valence-corrected chi connectivity index (χ4v) is 3.51. The van der Waals surface area contributed by atoms with Crippen LogP contribution in [0.1, 0.15) is 59.8 Å². The van der Waals surface area contributed by atoms with E-state index in [0.717, 1.165) is 25.7 Å². The van der Waals surface area contributed by atoms with Crippen molar-refractivity contribution in [2.75, 3.05) is 11.5 Å². The molecule has 164 valence electrons. The quantitative estimate of drug-likeness (QED) is 0.193. The Balaban J connectivity index is 4.33. The van der Waals surface area contributed by atoms with E-state index in [-0.39, 0.29) is 12.2 Å². The van der Waals surface area contributed by atoms with Gasteiger partial charge in [-0.3, -0.25) is 14.9 Å². The minimum absolute atomic E-state index is 0.227. The summed E-state index contributed by atoms with van der Waals surface area (Å²) in [6.45, 7) is 8.43. The molecule has 0 bridgehead atoms. The molecular weight excluding hydrogens is 390 g/mol. The average Bonchev–Trinajstić information content (AvgIpc) is 2.62. The number of hydrogen-bond donors (Lipinski definition) is 3. The summed E-state index contributed by atoms with van der Waals surface area (Å²) in [4.78, 5) is 32.9. The third-order valence-electron chi connectivity index (χ3n) is 4.29. The molecule has 0 aliphatic carbocycles. The molecule has 0 saturated carbocycles. The first-order valence-corrected chi connectivity index (χ1v) is 11.0. The van der Waals surface area contributed by atoms with Crippen LogP contribution in [0.4, 0.5) is 0 Å². The van der Waals surface area contributed by atoms with Gasteiger partial charge in [0.2, 0.25) is 0 Å². The topological polar surface area (TPSA) is 104 Å². The number of hydrogen-bond acceptors (Lipinski definition) is 5. The van der Waals surface area contributed by atoms with E-state index >= 15 is 0 Å². The average molecular weight is 426 g/mol. The zero-order valence-corrected chi connectivity index (χ0v) is 18.8. The molecule has 3 N–H and O–H groups in total. The minimum atomic E-state index is -1.23. The predicted molar refractivity (Wildman–Crippen MR) is 119 cm³/mol. The van der Waals surface area contributed by atoms with Gasteiger partial charge in [-0.25, -0.2) is 0 Å². The van der Waals surface area contributed by atoms with E-state index in [4.69, 9.17) is 5.11 Å². The van der Waals surface area contributed by atoms with E-state index in [1.165, 1.54) is 28.5 Å². The van der Waals surface area contributed by atoms with E-state index in [9.17, 15) is 19.5 Å². The Hall–Kier alpha value is -1.86. The molecule has 0 rings (SSSR count). The van der Waals surface area contributed by atoms with Crippen LogP contribution in [0, 0.1) is 0 Å². The Morgan fingerprint density at radius 1 is 0.897 bits per heavy atom. The largest absolute Gasteiger partial charge is 0.480 e. The molecule has 0 spiro atoms. The van der Waals surface area contributed by atoms with Crippen molar-refractivity contribution in [1.29, 1.82) is 0 Å². The summed E-state index contributed by atoms with van der Waals surface area (Å²) < 4.78 is 0. The van der Waals surface area contributed by atoms with Gasteiger partial charge in [-0.2, -0.15) is 11.8 Å². The Kier molecular flexibility index (Phi) is 15.0. The van der Waals surface area contributed by atoms with E-state index in [1.807, 2.05) is 0 Å². The molecule has 1 unspecified atom stereocenters. The van der Waals surface area contributed by atoms with Crippen molar-refractivity contribution in [2.45, 2.75) is 71.9 Å². The molecule has 0 aromatic heterocycles. The standard InChI is InChI=1S/C22H35NO5S/c1-16(2)7-5-8-17(3)9-6-10-18(4)12-14-29-15-20(22(27)28)23-19(11-13-24)21(25)26/h7,9,12-13,19-20,23H,5-6,8,10-11,14-15H2,1-4H3,(H,25,26)(H,27,28)/b17-9+,18-12+/t19?,20-/m0/s1. The van der Waals surface area contributed by atoms with Crippen molar-refractivity contribution in [2.24, 2.45) is 0 Å². The summed E-state index contributed by atoms with van der Waals surface area (Å²) in [5.74, 6) is -1.46. The molecule has 0 saturated heterocycles. The molecular formula is C22H35NO5S. The molecule has 2 atom stereocenters. The van der Waals surface area contributed by atoms with E-state index in [1.54, 1.807) is 0 Å². The summed E-state index contributed by atoms with van der Waals surface area (Å²) in [6.07, 6.45) is 10.9. The highest BCUT2D eigenvalue weighted by Gasteiger charge is 2.25. The van der Waals surface area contributed by atoms with Gasteiger partial charge in [-0.15, -0.1) is 0 Å². The van der Waals surface area contributed by atoms with Crippen molar-refractivity contribution in [3.8, 4) is 0 Å². The number of nitrogens with one attached hydrogen (secondary N) is 1. The van der Waals surface area contributed by atoms with Gasteiger partial charge in [-0.05, 0) is 53.4 Å². The molecule has 29 heavy (non-hydrogen) atoms. The van der Waals surface area contributed by atoms with Crippen LogP contribution < -0.4 is 5.32 Å². The summed E-state index contributed by atoms with van der Waals surface area (Å²) in [7, 11) is 0. The van der Waals surface area contributed by atoms with Crippen LogP contribution in [0.15, 0.2) is 34.9 Å². The molecule has 0 radical (unpaired) electrons. The smallest absolute Gasteiger partial charge is 0.321 e. The maximum absolute atomic E-state index is 11.3. The van der Waals surface area contributed by atoms with Crippen LogP contribution in [0.5, 0.6) is 0 Å². The van der Waals surface area contributed by atoms with Gasteiger partial charge < -0.3 is 15.0 Å². The summed E-state index contributed by atoms with van der Waals surface area (Å²) in [5.41, 5.74) is 3.98. The molecule has 0 amide bonds. The Morgan fingerprint density at radius 3 is 1.97 bits per heavy atom. The number of carboxylic acids is 2. The second-order valence-corrected chi connectivity index (χ2v) is 8.42.